The minimum atomic E-state index is 0.0716. The van der Waals surface area contributed by atoms with Crippen LogP contribution in [-0.2, 0) is 4.79 Å². The first-order valence-electron chi connectivity index (χ1n) is 6.75. The van der Waals surface area contributed by atoms with Gasteiger partial charge in [0.1, 0.15) is 11.0 Å². The number of nitrogens with one attached hydrogen (secondary N) is 1. The fourth-order valence-electron chi connectivity index (χ4n) is 2.33. The van der Waals surface area contributed by atoms with Crippen LogP contribution < -0.4 is 5.32 Å². The smallest absolute Gasteiger partial charge is 0.242 e. The van der Waals surface area contributed by atoms with E-state index in [1.807, 2.05) is 11.8 Å². The molecular formula is C13H14Cl2N4OS. The van der Waals surface area contributed by atoms with Gasteiger partial charge in [0.15, 0.2) is 0 Å². The van der Waals surface area contributed by atoms with Crippen molar-refractivity contribution in [2.45, 2.75) is 25.8 Å². The molecule has 0 spiro atoms. The largest absolute Gasteiger partial charge is 0.373 e. The normalized spacial score (nSPS) is 14.4. The highest BCUT2D eigenvalue weighted by molar-refractivity contribution is 7.00. The quantitative estimate of drug-likeness (QED) is 0.902. The molecule has 0 saturated heterocycles. The lowest BCUT2D eigenvalue weighted by Crippen LogP contribution is -2.37. The Bertz CT molecular complexity index is 686. The van der Waals surface area contributed by atoms with Crippen LogP contribution in [0, 0.1) is 0 Å². The molecule has 21 heavy (non-hydrogen) atoms. The SMILES string of the molecule is CCN(C(=O)CNc1c(Cl)cc(Cl)c2nsnc12)C1CC1. The Labute approximate surface area is 136 Å². The molecular weight excluding hydrogens is 331 g/mol. The number of halogens is 2. The maximum Gasteiger partial charge on any atom is 0.242 e. The summed E-state index contributed by atoms with van der Waals surface area (Å²) >= 11 is 13.4. The third-order valence-corrected chi connectivity index (χ3v) is 4.62. The summed E-state index contributed by atoms with van der Waals surface area (Å²) in [7, 11) is 0. The van der Waals surface area contributed by atoms with Crippen molar-refractivity contribution in [3.05, 3.63) is 16.1 Å². The number of anilines is 1. The Morgan fingerprint density at radius 1 is 1.38 bits per heavy atom. The molecule has 0 unspecified atom stereocenters. The number of amides is 1. The van der Waals surface area contributed by atoms with Crippen molar-refractivity contribution in [1.82, 2.24) is 13.6 Å². The van der Waals surface area contributed by atoms with Crippen LogP contribution in [0.4, 0.5) is 5.69 Å². The van der Waals surface area contributed by atoms with Crippen LogP contribution in [0.5, 0.6) is 0 Å². The van der Waals surface area contributed by atoms with Gasteiger partial charge >= 0.3 is 0 Å². The molecule has 0 radical (unpaired) electrons. The third kappa shape index (κ3) is 2.93. The van der Waals surface area contributed by atoms with Crippen LogP contribution >= 0.6 is 34.9 Å². The number of nitrogens with zero attached hydrogens (tertiary/aromatic N) is 3. The van der Waals surface area contributed by atoms with Crippen molar-refractivity contribution >= 4 is 57.6 Å². The van der Waals surface area contributed by atoms with E-state index in [1.165, 1.54) is 0 Å². The van der Waals surface area contributed by atoms with Gasteiger partial charge in [0, 0.05) is 12.6 Å². The second kappa shape index (κ2) is 5.94. The third-order valence-electron chi connectivity index (χ3n) is 3.51. The lowest BCUT2D eigenvalue weighted by Gasteiger charge is -2.21. The highest BCUT2D eigenvalue weighted by Crippen LogP contribution is 2.35. The van der Waals surface area contributed by atoms with Gasteiger partial charge in [-0.3, -0.25) is 4.79 Å². The number of hydrogen-bond donors (Lipinski definition) is 1. The van der Waals surface area contributed by atoms with Crippen molar-refractivity contribution in [2.75, 3.05) is 18.4 Å². The summed E-state index contributed by atoms with van der Waals surface area (Å²) in [5.74, 6) is 0.0716. The van der Waals surface area contributed by atoms with Crippen LogP contribution in [0.1, 0.15) is 19.8 Å². The fourth-order valence-corrected chi connectivity index (χ4v) is 3.51. The van der Waals surface area contributed by atoms with E-state index in [1.54, 1.807) is 6.07 Å². The molecule has 1 fully saturated rings. The first kappa shape index (κ1) is 14.8. The summed E-state index contributed by atoms with van der Waals surface area (Å²) in [4.78, 5) is 14.1. The van der Waals surface area contributed by atoms with E-state index in [0.29, 0.717) is 32.8 Å². The second-order valence-corrected chi connectivity index (χ2v) is 6.28. The molecule has 2 aromatic rings. The first-order valence-corrected chi connectivity index (χ1v) is 8.24. The van der Waals surface area contributed by atoms with Crippen LogP contribution in [0.15, 0.2) is 6.07 Å². The lowest BCUT2D eigenvalue weighted by molar-refractivity contribution is -0.129. The lowest BCUT2D eigenvalue weighted by atomic mass is 10.2. The molecule has 112 valence electrons. The monoisotopic (exact) mass is 344 g/mol. The van der Waals surface area contributed by atoms with Gasteiger partial charge in [-0.15, -0.1) is 0 Å². The second-order valence-electron chi connectivity index (χ2n) is 4.94. The van der Waals surface area contributed by atoms with E-state index in [0.717, 1.165) is 31.1 Å². The van der Waals surface area contributed by atoms with E-state index < -0.39 is 0 Å². The van der Waals surface area contributed by atoms with E-state index in [9.17, 15) is 4.79 Å². The van der Waals surface area contributed by atoms with E-state index in [-0.39, 0.29) is 12.5 Å². The molecule has 0 aliphatic heterocycles. The Kier molecular flexibility index (Phi) is 4.19. The standard InChI is InChI=1S/C13H14Cl2N4OS/c1-2-19(7-3-4-7)10(20)6-16-11-8(14)5-9(15)12-13(11)18-21-17-12/h5,7,16H,2-4,6H2,1H3. The van der Waals surface area contributed by atoms with Crippen molar-refractivity contribution in [1.29, 1.82) is 0 Å². The first-order chi connectivity index (χ1) is 10.1. The molecule has 0 bridgehead atoms. The van der Waals surface area contributed by atoms with Crippen molar-refractivity contribution < 1.29 is 4.79 Å². The number of carbonyl (C=O) groups is 1. The van der Waals surface area contributed by atoms with Crippen LogP contribution in [0.25, 0.3) is 11.0 Å². The molecule has 1 aliphatic rings. The molecule has 1 heterocycles. The zero-order chi connectivity index (χ0) is 15.0. The van der Waals surface area contributed by atoms with Gasteiger partial charge in [-0.05, 0) is 25.8 Å². The molecule has 0 atom stereocenters. The number of hydrogen-bond acceptors (Lipinski definition) is 5. The van der Waals surface area contributed by atoms with Gasteiger partial charge in [0.05, 0.1) is 34.0 Å². The van der Waals surface area contributed by atoms with Crippen LogP contribution in [0.2, 0.25) is 10.0 Å². The summed E-state index contributed by atoms with van der Waals surface area (Å²) in [6.07, 6.45) is 2.20. The van der Waals surface area contributed by atoms with Crippen molar-refractivity contribution in [2.24, 2.45) is 0 Å². The van der Waals surface area contributed by atoms with Gasteiger partial charge in [-0.2, -0.15) is 8.75 Å². The van der Waals surface area contributed by atoms with Crippen molar-refractivity contribution in [3.8, 4) is 0 Å². The Morgan fingerprint density at radius 3 is 2.76 bits per heavy atom. The van der Waals surface area contributed by atoms with Gasteiger partial charge in [0.2, 0.25) is 5.91 Å². The van der Waals surface area contributed by atoms with Gasteiger partial charge in [-0.1, -0.05) is 23.2 Å². The number of rotatable bonds is 5. The van der Waals surface area contributed by atoms with Gasteiger partial charge in [-0.25, -0.2) is 0 Å². The average molecular weight is 345 g/mol. The van der Waals surface area contributed by atoms with Gasteiger partial charge < -0.3 is 10.2 Å². The maximum absolute atomic E-state index is 12.2. The van der Waals surface area contributed by atoms with Gasteiger partial charge in [0.25, 0.3) is 0 Å². The Hall–Kier alpha value is -1.11. The van der Waals surface area contributed by atoms with Crippen molar-refractivity contribution in [3.63, 3.8) is 0 Å². The zero-order valence-electron chi connectivity index (χ0n) is 11.4. The molecule has 3 rings (SSSR count). The number of fused-ring (bicyclic) bond motifs is 1. The number of likely N-dealkylation sites (N-methyl/N-ethyl adjacent to an activating group) is 1. The van der Waals surface area contributed by atoms with E-state index >= 15 is 0 Å². The van der Waals surface area contributed by atoms with Crippen LogP contribution in [-0.4, -0.2) is 38.7 Å². The number of benzene rings is 1. The molecule has 8 heteroatoms. The minimum absolute atomic E-state index is 0.0716. The minimum Gasteiger partial charge on any atom is -0.373 e. The Balaban J connectivity index is 1.79. The molecule has 1 aromatic carbocycles. The molecule has 5 nitrogen and oxygen atoms in total. The average Bonchev–Trinajstić information content (AvgIpc) is 3.15. The number of carbonyl (C=O) groups excluding carboxylic acids is 1. The summed E-state index contributed by atoms with van der Waals surface area (Å²) < 4.78 is 8.35. The van der Waals surface area contributed by atoms with E-state index in [2.05, 4.69) is 14.1 Å². The highest BCUT2D eigenvalue weighted by atomic mass is 35.5. The number of aromatic nitrogens is 2. The summed E-state index contributed by atoms with van der Waals surface area (Å²) in [6.45, 7) is 2.92. The summed E-state index contributed by atoms with van der Waals surface area (Å²) in [6, 6.07) is 2.03. The molecule has 1 saturated carbocycles. The molecule has 1 aromatic heterocycles. The highest BCUT2D eigenvalue weighted by Gasteiger charge is 2.31. The predicted molar refractivity (Wildman–Crippen MR) is 86.3 cm³/mol. The molecule has 1 N–H and O–H groups in total. The summed E-state index contributed by atoms with van der Waals surface area (Å²) in [5.41, 5.74) is 1.83. The van der Waals surface area contributed by atoms with Crippen LogP contribution in [0.3, 0.4) is 0 Å². The topological polar surface area (TPSA) is 58.1 Å². The fraction of sp³-hybridized carbons (Fsp3) is 0.462. The zero-order valence-corrected chi connectivity index (χ0v) is 13.7. The molecule has 1 aliphatic carbocycles. The molecule has 1 amide bonds. The Morgan fingerprint density at radius 2 is 2.10 bits per heavy atom. The predicted octanol–water partition coefficient (Wildman–Crippen LogP) is 3.42. The van der Waals surface area contributed by atoms with E-state index in [4.69, 9.17) is 23.2 Å². The maximum atomic E-state index is 12.2. The summed E-state index contributed by atoms with van der Waals surface area (Å²) in [5, 5.41) is 4.00.